The number of hydrogen-bond donors (Lipinski definition) is 0. The van der Waals surface area contributed by atoms with Crippen molar-refractivity contribution < 1.29 is 12.6 Å². The minimum absolute atomic E-state index is 0.0613. The number of rotatable bonds is 0. The van der Waals surface area contributed by atoms with Crippen LogP contribution >= 0.6 is 0 Å². The first-order valence-electron chi connectivity index (χ1n) is 4.07. The van der Waals surface area contributed by atoms with Crippen LogP contribution in [0.2, 0.25) is 0 Å². The molecule has 1 aliphatic heterocycles. The maximum atomic E-state index is 11.3. The molecule has 11 heavy (non-hydrogen) atoms. The van der Waals surface area contributed by atoms with Crippen LogP contribution in [-0.4, -0.2) is 19.3 Å². The molecule has 3 nitrogen and oxygen atoms in total. The van der Waals surface area contributed by atoms with Crippen LogP contribution in [0.25, 0.3) is 0 Å². The second-order valence-electron chi connectivity index (χ2n) is 3.95. The molecule has 3 unspecified atom stereocenters. The fourth-order valence-corrected chi connectivity index (χ4v) is 4.76. The molecule has 4 heteroatoms. The summed E-state index contributed by atoms with van der Waals surface area (Å²) in [5.41, 5.74) is 0. The molecule has 1 heterocycles. The third-order valence-corrected chi connectivity index (χ3v) is 5.60. The van der Waals surface area contributed by atoms with Gasteiger partial charge in [0, 0.05) is 0 Å². The highest BCUT2D eigenvalue weighted by Crippen LogP contribution is 2.60. The van der Waals surface area contributed by atoms with Crippen molar-refractivity contribution >= 4 is 10.1 Å². The molecular weight excluding hydrogens is 164 g/mol. The highest BCUT2D eigenvalue weighted by Gasteiger charge is 2.69. The number of hydrogen-bond acceptors (Lipinski definition) is 3. The lowest BCUT2D eigenvalue weighted by Gasteiger charge is -2.42. The van der Waals surface area contributed by atoms with Crippen molar-refractivity contribution in [2.24, 2.45) is 5.92 Å². The van der Waals surface area contributed by atoms with E-state index in [-0.39, 0.29) is 6.10 Å². The van der Waals surface area contributed by atoms with Gasteiger partial charge in [-0.15, -0.1) is 0 Å². The van der Waals surface area contributed by atoms with Crippen LogP contribution < -0.4 is 0 Å². The Morgan fingerprint density at radius 1 is 1.45 bits per heavy atom. The van der Waals surface area contributed by atoms with E-state index < -0.39 is 14.9 Å². The molecule has 0 aromatic rings. The zero-order chi connectivity index (χ0) is 7.69. The standard InChI is InChI=1S/C7H10O3S/c8-11(9)7-2-1-5(4-7)3-6(7)10-11/h5-6H,1-4H2. The van der Waals surface area contributed by atoms with E-state index >= 15 is 0 Å². The van der Waals surface area contributed by atoms with Crippen LogP contribution in [0, 0.1) is 5.92 Å². The van der Waals surface area contributed by atoms with Gasteiger partial charge in [-0.25, -0.2) is 0 Å². The molecule has 0 radical (unpaired) electrons. The zero-order valence-electron chi connectivity index (χ0n) is 6.12. The van der Waals surface area contributed by atoms with Gasteiger partial charge in [-0.2, -0.15) is 8.42 Å². The molecule has 3 aliphatic rings. The maximum absolute atomic E-state index is 11.3. The van der Waals surface area contributed by atoms with Gasteiger partial charge in [-0.1, -0.05) is 0 Å². The fraction of sp³-hybridized carbons (Fsp3) is 1.00. The molecule has 3 atom stereocenters. The third kappa shape index (κ3) is 0.509. The summed E-state index contributed by atoms with van der Waals surface area (Å²) in [5.74, 6) is 0.636. The van der Waals surface area contributed by atoms with Crippen LogP contribution in [0.3, 0.4) is 0 Å². The number of fused-ring (bicyclic) bond motifs is 1. The Balaban J connectivity index is 2.14. The van der Waals surface area contributed by atoms with E-state index in [0.717, 1.165) is 25.7 Å². The predicted octanol–water partition coefficient (Wildman–Crippen LogP) is 0.658. The molecule has 0 N–H and O–H groups in total. The van der Waals surface area contributed by atoms with Crippen molar-refractivity contribution in [2.45, 2.75) is 36.5 Å². The SMILES string of the molecule is O=S1(=O)OC2CC3CCC21C3. The summed E-state index contributed by atoms with van der Waals surface area (Å²) in [6.45, 7) is 0. The minimum Gasteiger partial charge on any atom is -0.264 e. The average molecular weight is 174 g/mol. The second kappa shape index (κ2) is 1.50. The van der Waals surface area contributed by atoms with Gasteiger partial charge >= 0.3 is 0 Å². The average Bonchev–Trinajstić information content (AvgIpc) is 2.42. The predicted molar refractivity (Wildman–Crippen MR) is 38.5 cm³/mol. The molecule has 62 valence electrons. The lowest BCUT2D eigenvalue weighted by atomic mass is 9.97. The Labute approximate surface area is 65.9 Å². The lowest BCUT2D eigenvalue weighted by Crippen LogP contribution is -2.58. The summed E-state index contributed by atoms with van der Waals surface area (Å²) in [7, 11) is -3.13. The molecule has 2 saturated carbocycles. The summed E-state index contributed by atoms with van der Waals surface area (Å²) in [4.78, 5) is 0. The fourth-order valence-electron chi connectivity index (χ4n) is 2.87. The van der Waals surface area contributed by atoms with Crippen molar-refractivity contribution in [2.75, 3.05) is 0 Å². The molecule has 2 aliphatic carbocycles. The van der Waals surface area contributed by atoms with Gasteiger partial charge in [0.2, 0.25) is 0 Å². The Kier molecular flexibility index (Phi) is 0.876. The summed E-state index contributed by atoms with van der Waals surface area (Å²) in [6, 6.07) is 0. The van der Waals surface area contributed by atoms with Crippen LogP contribution in [0.15, 0.2) is 0 Å². The van der Waals surface area contributed by atoms with Crippen molar-refractivity contribution in [1.29, 1.82) is 0 Å². The molecular formula is C7H10O3S. The van der Waals surface area contributed by atoms with E-state index in [9.17, 15) is 8.42 Å². The van der Waals surface area contributed by atoms with Gasteiger partial charge in [0.25, 0.3) is 10.1 Å². The van der Waals surface area contributed by atoms with Gasteiger partial charge in [0.15, 0.2) is 0 Å². The zero-order valence-corrected chi connectivity index (χ0v) is 6.93. The first-order valence-corrected chi connectivity index (χ1v) is 5.48. The second-order valence-corrected chi connectivity index (χ2v) is 5.86. The quantitative estimate of drug-likeness (QED) is 0.507. The Bertz CT molecular complexity index is 308. The van der Waals surface area contributed by atoms with E-state index in [2.05, 4.69) is 0 Å². The van der Waals surface area contributed by atoms with Gasteiger partial charge < -0.3 is 0 Å². The molecule has 1 saturated heterocycles. The van der Waals surface area contributed by atoms with E-state index in [1.165, 1.54) is 0 Å². The molecule has 0 aromatic heterocycles. The Morgan fingerprint density at radius 3 is 2.73 bits per heavy atom. The maximum Gasteiger partial charge on any atom is 0.276 e. The smallest absolute Gasteiger partial charge is 0.264 e. The molecule has 0 aromatic carbocycles. The van der Waals surface area contributed by atoms with Gasteiger partial charge in [0.1, 0.15) is 4.75 Å². The van der Waals surface area contributed by atoms with E-state index in [1.54, 1.807) is 0 Å². The molecule has 2 bridgehead atoms. The van der Waals surface area contributed by atoms with E-state index in [1.807, 2.05) is 0 Å². The largest absolute Gasteiger partial charge is 0.276 e. The van der Waals surface area contributed by atoms with Crippen molar-refractivity contribution in [3.05, 3.63) is 0 Å². The van der Waals surface area contributed by atoms with Crippen LogP contribution in [0.1, 0.15) is 25.7 Å². The Morgan fingerprint density at radius 2 is 2.27 bits per heavy atom. The summed E-state index contributed by atoms with van der Waals surface area (Å²) < 4.78 is 27.0. The van der Waals surface area contributed by atoms with Crippen LogP contribution in [0.5, 0.6) is 0 Å². The summed E-state index contributed by atoms with van der Waals surface area (Å²) in [6.07, 6.45) is 3.87. The van der Waals surface area contributed by atoms with Crippen LogP contribution in [-0.2, 0) is 14.3 Å². The van der Waals surface area contributed by atoms with E-state index in [0.29, 0.717) is 5.92 Å². The van der Waals surface area contributed by atoms with Crippen molar-refractivity contribution in [3.63, 3.8) is 0 Å². The van der Waals surface area contributed by atoms with E-state index in [4.69, 9.17) is 4.18 Å². The summed E-state index contributed by atoms with van der Waals surface area (Å²) >= 11 is 0. The monoisotopic (exact) mass is 174 g/mol. The molecule has 3 fully saturated rings. The highest BCUT2D eigenvalue weighted by molar-refractivity contribution is 7.89. The first kappa shape index (κ1) is 6.43. The van der Waals surface area contributed by atoms with Gasteiger partial charge in [-0.05, 0) is 31.6 Å². The molecule has 3 rings (SSSR count). The van der Waals surface area contributed by atoms with Gasteiger partial charge in [-0.3, -0.25) is 4.18 Å². The summed E-state index contributed by atoms with van der Waals surface area (Å²) in [5, 5.41) is 0. The normalized spacial score (nSPS) is 57.1. The third-order valence-electron chi connectivity index (χ3n) is 3.48. The Hall–Kier alpha value is -0.0900. The molecule has 1 spiro atoms. The minimum atomic E-state index is -3.13. The van der Waals surface area contributed by atoms with Crippen LogP contribution in [0.4, 0.5) is 0 Å². The first-order chi connectivity index (χ1) is 5.14. The molecule has 0 amide bonds. The van der Waals surface area contributed by atoms with Gasteiger partial charge in [0.05, 0.1) is 6.10 Å². The van der Waals surface area contributed by atoms with Crippen molar-refractivity contribution in [3.8, 4) is 0 Å². The topological polar surface area (TPSA) is 43.4 Å². The van der Waals surface area contributed by atoms with Crippen molar-refractivity contribution in [1.82, 2.24) is 0 Å². The lowest BCUT2D eigenvalue weighted by molar-refractivity contribution is 0.0884. The highest BCUT2D eigenvalue weighted by atomic mass is 32.2.